The predicted octanol–water partition coefficient (Wildman–Crippen LogP) is 10.1. The van der Waals surface area contributed by atoms with E-state index in [0.29, 0.717) is 139 Å². The van der Waals surface area contributed by atoms with Crippen molar-refractivity contribution < 1.29 is 51.4 Å². The molecule has 0 aliphatic rings. The van der Waals surface area contributed by atoms with Gasteiger partial charge in [0.2, 0.25) is 0 Å². The number of hydrogen-bond acceptors (Lipinski definition) is 11. The third-order valence-corrected chi connectivity index (χ3v) is 8.07. The number of carbonyl (C=O) groups excluding carboxylic acids is 5. The van der Waals surface area contributed by atoms with Gasteiger partial charge in [0.05, 0.1) is 43.4 Å². The van der Waals surface area contributed by atoms with E-state index in [4.69, 9.17) is 27.5 Å². The van der Waals surface area contributed by atoms with Gasteiger partial charge < -0.3 is 32.3 Å². The van der Waals surface area contributed by atoms with Crippen LogP contribution in [0.5, 0.6) is 0 Å². The average Bonchev–Trinajstić information content (AvgIpc) is 3.96. The van der Waals surface area contributed by atoms with Crippen LogP contribution in [0.15, 0.2) is 92.9 Å². The van der Waals surface area contributed by atoms with Crippen molar-refractivity contribution in [3.63, 3.8) is 0 Å². The maximum Gasteiger partial charge on any atom is 0.194 e. The lowest BCUT2D eigenvalue weighted by molar-refractivity contribution is -0.120. The van der Waals surface area contributed by atoms with Crippen LogP contribution in [0.2, 0.25) is 0 Å². The molecule has 0 fully saturated rings. The van der Waals surface area contributed by atoms with Gasteiger partial charge in [0.25, 0.3) is 0 Å². The first kappa shape index (κ1) is 48.8. The van der Waals surface area contributed by atoms with Crippen molar-refractivity contribution in [1.82, 2.24) is 0 Å². The molecule has 308 valence electrons. The molecule has 0 N–H and O–H groups in total. The highest BCUT2D eigenvalue weighted by Crippen LogP contribution is 2.15. The Hall–Kier alpha value is -5.19. The van der Waals surface area contributed by atoms with E-state index in [1.807, 2.05) is 45.0 Å². The third-order valence-electron chi connectivity index (χ3n) is 8.07. The summed E-state index contributed by atoms with van der Waals surface area (Å²) in [6.07, 6.45) is 9.05. The number of aryl methyl sites for hydroxylation is 4. The van der Waals surface area contributed by atoms with Crippen LogP contribution in [0.4, 0.5) is 0 Å². The zero-order valence-corrected chi connectivity index (χ0v) is 34.2. The minimum absolute atomic E-state index is 0.106. The highest BCUT2D eigenvalue weighted by molar-refractivity contribution is 5.91. The number of carbonyl (C=O) groups is 5. The highest BCUT2D eigenvalue weighted by Gasteiger charge is 2.11. The molecular weight excluding hydrogens is 716 g/mol. The second kappa shape index (κ2) is 29.1. The van der Waals surface area contributed by atoms with E-state index in [1.165, 1.54) is 6.92 Å². The SMILES string of the molecule is C=C(CCC(=O)CCc1ccc(C(C)=O)o1)OCC.C=C(CCC(=O)CCc1ccc(CCC(C)=O)o1)OCC.C=C(CCC(=O)CCc1ccco1)OCC. The first-order valence-electron chi connectivity index (χ1n) is 19.4. The highest BCUT2D eigenvalue weighted by atomic mass is 16.5. The van der Waals surface area contributed by atoms with Crippen molar-refractivity contribution in [1.29, 1.82) is 0 Å². The molecule has 0 unspecified atom stereocenters. The molecule has 11 nitrogen and oxygen atoms in total. The standard InChI is InChI=1S/C17H24O4.C15H20O4.C13H18O3/c1-4-20-14(3)6-7-15(19)8-10-17-12-11-16(21-17)9-5-13(2)18;1-4-18-11(2)5-6-13(17)7-8-14-9-10-15(19-14)12(3)16;1-3-15-11(2)6-7-12(14)8-9-13-5-4-10-16-13/h11-12H,3-10H2,1-2H3;9-10H,2,4-8H2,1,3H3;4-5,10H,2-3,6-9H2,1H3. The molecule has 0 bridgehead atoms. The van der Waals surface area contributed by atoms with Gasteiger partial charge in [-0.15, -0.1) is 0 Å². The van der Waals surface area contributed by atoms with Gasteiger partial charge in [-0.25, -0.2) is 0 Å². The first-order valence-corrected chi connectivity index (χ1v) is 19.4. The van der Waals surface area contributed by atoms with E-state index in [2.05, 4.69) is 19.7 Å². The molecule has 0 aliphatic heterocycles. The second-order valence-electron chi connectivity index (χ2n) is 13.0. The van der Waals surface area contributed by atoms with Crippen molar-refractivity contribution in [3.8, 4) is 0 Å². The summed E-state index contributed by atoms with van der Waals surface area (Å²) in [6.45, 7) is 21.7. The quantitative estimate of drug-likeness (QED) is 0.0511. The lowest BCUT2D eigenvalue weighted by Gasteiger charge is -2.05. The summed E-state index contributed by atoms with van der Waals surface area (Å²) in [7, 11) is 0. The van der Waals surface area contributed by atoms with Gasteiger partial charge in [-0.05, 0) is 64.1 Å². The molecule has 0 amide bonds. The zero-order chi connectivity index (χ0) is 41.7. The average molecular weight is 779 g/mol. The fraction of sp³-hybridized carbons (Fsp3) is 0.489. The van der Waals surface area contributed by atoms with E-state index >= 15 is 0 Å². The summed E-state index contributed by atoms with van der Waals surface area (Å²) in [5.74, 6) is 6.05. The van der Waals surface area contributed by atoms with Crippen LogP contribution in [-0.4, -0.2) is 48.7 Å². The summed E-state index contributed by atoms with van der Waals surface area (Å²) in [5.41, 5.74) is 0. The smallest absolute Gasteiger partial charge is 0.194 e. The van der Waals surface area contributed by atoms with Gasteiger partial charge in [-0.3, -0.25) is 19.2 Å². The minimum Gasteiger partial charge on any atom is -0.499 e. The summed E-state index contributed by atoms with van der Waals surface area (Å²) in [6, 6.07) is 10.8. The van der Waals surface area contributed by atoms with Crippen molar-refractivity contribution >= 4 is 28.9 Å². The van der Waals surface area contributed by atoms with Gasteiger partial charge >= 0.3 is 0 Å². The van der Waals surface area contributed by atoms with E-state index in [0.717, 1.165) is 17.3 Å². The van der Waals surface area contributed by atoms with Crippen LogP contribution in [0.1, 0.15) is 132 Å². The van der Waals surface area contributed by atoms with Crippen LogP contribution in [0, 0.1) is 0 Å². The van der Waals surface area contributed by atoms with E-state index in [9.17, 15) is 24.0 Å². The molecule has 56 heavy (non-hydrogen) atoms. The van der Waals surface area contributed by atoms with Crippen molar-refractivity contribution in [3.05, 3.63) is 108 Å². The van der Waals surface area contributed by atoms with Gasteiger partial charge in [0.1, 0.15) is 46.2 Å². The number of Topliss-reactive ketones (excluding diaryl/α,β-unsaturated/α-hetero) is 5. The van der Waals surface area contributed by atoms with Crippen LogP contribution in [0.3, 0.4) is 0 Å². The Balaban J connectivity index is 0.000000424. The molecular formula is C45H62O11. The number of ether oxygens (including phenoxy) is 3. The molecule has 0 saturated carbocycles. The van der Waals surface area contributed by atoms with Crippen LogP contribution >= 0.6 is 0 Å². The lowest BCUT2D eigenvalue weighted by atomic mass is 10.1. The number of allylic oxidation sites excluding steroid dienone is 3. The van der Waals surface area contributed by atoms with Gasteiger partial charge in [-0.1, -0.05) is 19.7 Å². The Labute approximate surface area is 332 Å². The van der Waals surface area contributed by atoms with Crippen molar-refractivity contribution in [2.24, 2.45) is 0 Å². The van der Waals surface area contributed by atoms with Crippen LogP contribution in [-0.2, 0) is 59.1 Å². The second-order valence-corrected chi connectivity index (χ2v) is 13.0. The fourth-order valence-electron chi connectivity index (χ4n) is 4.97. The Morgan fingerprint density at radius 3 is 1.25 bits per heavy atom. The Bertz CT molecular complexity index is 1650. The number of furan rings is 3. The van der Waals surface area contributed by atoms with E-state index in [-0.39, 0.29) is 28.9 Å². The van der Waals surface area contributed by atoms with Crippen LogP contribution < -0.4 is 0 Å². The fourth-order valence-corrected chi connectivity index (χ4v) is 4.97. The Morgan fingerprint density at radius 2 is 0.893 bits per heavy atom. The van der Waals surface area contributed by atoms with E-state index in [1.54, 1.807) is 25.3 Å². The Morgan fingerprint density at radius 1 is 0.500 bits per heavy atom. The zero-order valence-electron chi connectivity index (χ0n) is 34.2. The maximum absolute atomic E-state index is 11.8. The van der Waals surface area contributed by atoms with Crippen LogP contribution in [0.25, 0.3) is 0 Å². The summed E-state index contributed by atoms with van der Waals surface area (Å²) in [5, 5.41) is 0. The molecule has 3 rings (SSSR count). The lowest BCUT2D eigenvalue weighted by Crippen LogP contribution is -2.01. The van der Waals surface area contributed by atoms with Gasteiger partial charge in [0, 0.05) is 96.8 Å². The number of ketones is 5. The summed E-state index contributed by atoms with van der Waals surface area (Å²) < 4.78 is 31.6. The molecule has 3 aromatic rings. The topological polar surface area (TPSA) is 152 Å². The largest absolute Gasteiger partial charge is 0.499 e. The van der Waals surface area contributed by atoms with Gasteiger partial charge in [-0.2, -0.15) is 0 Å². The Kier molecular flexibility index (Phi) is 25.4. The molecule has 0 saturated heterocycles. The molecule has 11 heteroatoms. The molecule has 0 atom stereocenters. The minimum atomic E-state index is -0.106. The van der Waals surface area contributed by atoms with E-state index < -0.39 is 0 Å². The monoisotopic (exact) mass is 778 g/mol. The molecule has 0 aliphatic carbocycles. The first-order chi connectivity index (χ1) is 26.8. The maximum atomic E-state index is 11.8. The molecule has 0 radical (unpaired) electrons. The predicted molar refractivity (Wildman–Crippen MR) is 215 cm³/mol. The van der Waals surface area contributed by atoms with Gasteiger partial charge in [0.15, 0.2) is 11.5 Å². The number of rotatable bonds is 28. The molecule has 0 spiro atoms. The third kappa shape index (κ3) is 24.3. The van der Waals surface area contributed by atoms with Crippen molar-refractivity contribution in [2.75, 3.05) is 19.8 Å². The normalized spacial score (nSPS) is 10.2. The summed E-state index contributed by atoms with van der Waals surface area (Å²) in [4.78, 5) is 56.9. The summed E-state index contributed by atoms with van der Waals surface area (Å²) >= 11 is 0. The number of hydrogen-bond donors (Lipinski definition) is 0. The molecule has 3 heterocycles. The molecule has 0 aromatic carbocycles. The molecule has 3 aromatic heterocycles. The van der Waals surface area contributed by atoms with Crippen molar-refractivity contribution in [2.45, 2.75) is 125 Å².